The van der Waals surface area contributed by atoms with Crippen LogP contribution in [0.1, 0.15) is 0 Å². The van der Waals surface area contributed by atoms with Crippen LogP contribution in [0.25, 0.3) is 0 Å². The van der Waals surface area contributed by atoms with Crippen LogP contribution in [0.2, 0.25) is 0 Å². The highest BCUT2D eigenvalue weighted by atomic mass is 127. The number of hydrogen-bond donors (Lipinski definition) is 2. The molecule has 1 unspecified atom stereocenters. The molecule has 3 nitrogen and oxygen atoms in total. The van der Waals surface area contributed by atoms with Gasteiger partial charge in [-0.3, -0.25) is 10.1 Å². The van der Waals surface area contributed by atoms with E-state index in [-0.39, 0.29) is 9.96 Å². The zero-order valence-corrected chi connectivity index (χ0v) is 6.44. The Balaban J connectivity index is 2.39. The predicted octanol–water partition coefficient (Wildman–Crippen LogP) is -0.533. The summed E-state index contributed by atoms with van der Waals surface area (Å²) in [5.74, 6) is 0.0943. The molecule has 1 saturated heterocycles. The van der Waals surface area contributed by atoms with Crippen LogP contribution in [0, 0.1) is 0 Å². The van der Waals surface area contributed by atoms with Crippen molar-refractivity contribution in [2.24, 2.45) is 0 Å². The molecule has 1 aliphatic heterocycles. The summed E-state index contributed by atoms with van der Waals surface area (Å²) in [4.78, 5) is 10.6. The van der Waals surface area contributed by atoms with Gasteiger partial charge in [-0.1, -0.05) is 22.6 Å². The van der Waals surface area contributed by atoms with Crippen LogP contribution in [0.4, 0.5) is 0 Å². The Morgan fingerprint density at radius 3 is 2.75 bits per heavy atom. The van der Waals surface area contributed by atoms with Gasteiger partial charge < -0.3 is 5.32 Å². The number of alkyl halides is 1. The lowest BCUT2D eigenvalue weighted by atomic mass is 10.4. The topological polar surface area (TPSA) is 41.1 Å². The van der Waals surface area contributed by atoms with Gasteiger partial charge in [0.2, 0.25) is 5.91 Å². The highest BCUT2D eigenvalue weighted by Gasteiger charge is 2.16. The standard InChI is InChI=1S/C4H7IN2O/c5-3-4(8)7-2-1-6-3/h3,6H,1-2H2,(H,7,8). The zero-order chi connectivity index (χ0) is 5.98. The van der Waals surface area contributed by atoms with Crippen LogP contribution in [0.3, 0.4) is 0 Å². The average molecular weight is 226 g/mol. The molecule has 2 N–H and O–H groups in total. The molecule has 0 radical (unpaired) electrons. The van der Waals surface area contributed by atoms with Crippen LogP contribution in [-0.4, -0.2) is 23.0 Å². The number of hydrogen-bond acceptors (Lipinski definition) is 2. The fourth-order valence-electron chi connectivity index (χ4n) is 0.567. The Labute approximate surface area is 61.4 Å². The SMILES string of the molecule is O=C1NCCNC1I. The lowest BCUT2D eigenvalue weighted by Crippen LogP contribution is -2.49. The molecular weight excluding hydrogens is 219 g/mol. The summed E-state index contributed by atoms with van der Waals surface area (Å²) in [6, 6.07) is 0. The van der Waals surface area contributed by atoms with Gasteiger partial charge in [-0.05, 0) is 0 Å². The van der Waals surface area contributed by atoms with E-state index in [2.05, 4.69) is 33.2 Å². The van der Waals surface area contributed by atoms with E-state index in [4.69, 9.17) is 0 Å². The van der Waals surface area contributed by atoms with Gasteiger partial charge in [-0.15, -0.1) is 0 Å². The molecule has 0 aliphatic carbocycles. The van der Waals surface area contributed by atoms with Crippen molar-refractivity contribution in [1.29, 1.82) is 0 Å². The first-order chi connectivity index (χ1) is 3.80. The molecule has 1 amide bonds. The highest BCUT2D eigenvalue weighted by Crippen LogP contribution is 1.96. The average Bonchev–Trinajstić information content (AvgIpc) is 1.77. The third kappa shape index (κ3) is 1.32. The third-order valence-corrected chi connectivity index (χ3v) is 1.98. The summed E-state index contributed by atoms with van der Waals surface area (Å²) in [5, 5.41) is 5.73. The van der Waals surface area contributed by atoms with Crippen molar-refractivity contribution in [3.63, 3.8) is 0 Å². The second-order valence-electron chi connectivity index (χ2n) is 1.61. The second kappa shape index (κ2) is 2.63. The van der Waals surface area contributed by atoms with Crippen LogP contribution < -0.4 is 10.6 Å². The molecule has 1 aliphatic rings. The van der Waals surface area contributed by atoms with Crippen molar-refractivity contribution in [3.05, 3.63) is 0 Å². The lowest BCUT2D eigenvalue weighted by molar-refractivity contribution is -0.121. The van der Waals surface area contributed by atoms with E-state index in [9.17, 15) is 4.79 Å². The van der Waals surface area contributed by atoms with Gasteiger partial charge >= 0.3 is 0 Å². The fraction of sp³-hybridized carbons (Fsp3) is 0.750. The number of piperazine rings is 1. The number of halogens is 1. The Morgan fingerprint density at radius 1 is 1.62 bits per heavy atom. The molecule has 1 fully saturated rings. The van der Waals surface area contributed by atoms with E-state index in [0.29, 0.717) is 0 Å². The van der Waals surface area contributed by atoms with E-state index in [1.54, 1.807) is 0 Å². The van der Waals surface area contributed by atoms with Gasteiger partial charge in [0, 0.05) is 13.1 Å². The normalized spacial score (nSPS) is 29.6. The first kappa shape index (κ1) is 6.28. The van der Waals surface area contributed by atoms with Gasteiger partial charge in [0.1, 0.15) is 4.05 Å². The molecule has 0 bridgehead atoms. The lowest BCUT2D eigenvalue weighted by Gasteiger charge is -2.17. The van der Waals surface area contributed by atoms with Gasteiger partial charge in [0.25, 0.3) is 0 Å². The molecule has 1 rings (SSSR count). The van der Waals surface area contributed by atoms with Crippen molar-refractivity contribution >= 4 is 28.5 Å². The Hall–Kier alpha value is 0.160. The molecule has 0 saturated carbocycles. The van der Waals surface area contributed by atoms with Gasteiger partial charge in [-0.2, -0.15) is 0 Å². The van der Waals surface area contributed by atoms with Crippen LogP contribution in [0.15, 0.2) is 0 Å². The molecular formula is C4H7IN2O. The van der Waals surface area contributed by atoms with E-state index in [0.717, 1.165) is 13.1 Å². The molecule has 1 atom stereocenters. The number of carbonyl (C=O) groups is 1. The maximum Gasteiger partial charge on any atom is 0.247 e. The predicted molar refractivity (Wildman–Crippen MR) is 38.8 cm³/mol. The quantitative estimate of drug-likeness (QED) is 0.331. The second-order valence-corrected chi connectivity index (χ2v) is 2.85. The highest BCUT2D eigenvalue weighted by molar-refractivity contribution is 14.1. The van der Waals surface area contributed by atoms with E-state index < -0.39 is 0 Å². The molecule has 0 aromatic carbocycles. The minimum absolute atomic E-state index is 0.0265. The monoisotopic (exact) mass is 226 g/mol. The van der Waals surface area contributed by atoms with Crippen molar-refractivity contribution in [2.45, 2.75) is 4.05 Å². The van der Waals surface area contributed by atoms with Crippen molar-refractivity contribution in [3.8, 4) is 0 Å². The number of amides is 1. The van der Waals surface area contributed by atoms with Crippen LogP contribution >= 0.6 is 22.6 Å². The smallest absolute Gasteiger partial charge is 0.247 e. The zero-order valence-electron chi connectivity index (χ0n) is 4.28. The van der Waals surface area contributed by atoms with Crippen molar-refractivity contribution in [1.82, 2.24) is 10.6 Å². The first-order valence-corrected chi connectivity index (χ1v) is 3.70. The molecule has 4 heteroatoms. The fourth-order valence-corrected chi connectivity index (χ4v) is 1.10. The maximum absolute atomic E-state index is 10.6. The Morgan fingerprint density at radius 2 is 2.38 bits per heavy atom. The van der Waals surface area contributed by atoms with E-state index >= 15 is 0 Å². The van der Waals surface area contributed by atoms with Gasteiger partial charge in [0.05, 0.1) is 0 Å². The molecule has 0 aromatic heterocycles. The van der Waals surface area contributed by atoms with Crippen LogP contribution in [-0.2, 0) is 4.79 Å². The minimum atomic E-state index is -0.0265. The van der Waals surface area contributed by atoms with E-state index in [1.165, 1.54) is 0 Å². The van der Waals surface area contributed by atoms with Crippen LogP contribution in [0.5, 0.6) is 0 Å². The van der Waals surface area contributed by atoms with Gasteiger partial charge in [-0.25, -0.2) is 0 Å². The minimum Gasteiger partial charge on any atom is -0.353 e. The van der Waals surface area contributed by atoms with Crippen molar-refractivity contribution in [2.75, 3.05) is 13.1 Å². The summed E-state index contributed by atoms with van der Waals surface area (Å²) in [7, 11) is 0. The summed E-state index contributed by atoms with van der Waals surface area (Å²) in [6.07, 6.45) is 0. The molecule has 0 aromatic rings. The molecule has 46 valence electrons. The van der Waals surface area contributed by atoms with E-state index in [1.807, 2.05) is 0 Å². The number of nitrogens with one attached hydrogen (secondary N) is 2. The summed E-state index contributed by atoms with van der Waals surface area (Å²) in [6.45, 7) is 1.65. The van der Waals surface area contributed by atoms with Gasteiger partial charge in [0.15, 0.2) is 0 Å². The third-order valence-electron chi connectivity index (χ3n) is 0.978. The maximum atomic E-state index is 10.6. The Kier molecular flexibility index (Phi) is 2.07. The molecule has 8 heavy (non-hydrogen) atoms. The summed E-state index contributed by atoms with van der Waals surface area (Å²) < 4.78 is -0.0265. The Bertz CT molecular complexity index is 106. The molecule has 0 spiro atoms. The number of rotatable bonds is 0. The first-order valence-electron chi connectivity index (χ1n) is 2.46. The molecule has 1 heterocycles. The largest absolute Gasteiger partial charge is 0.353 e. The number of carbonyl (C=O) groups excluding carboxylic acids is 1. The van der Waals surface area contributed by atoms with Crippen molar-refractivity contribution < 1.29 is 4.79 Å². The summed E-state index contributed by atoms with van der Waals surface area (Å²) in [5.41, 5.74) is 0. The summed E-state index contributed by atoms with van der Waals surface area (Å²) >= 11 is 2.06.